The van der Waals surface area contributed by atoms with Crippen LogP contribution in [0, 0.1) is 5.92 Å². The lowest BCUT2D eigenvalue weighted by molar-refractivity contribution is -0.121. The minimum Gasteiger partial charge on any atom is -0.366 e. The summed E-state index contributed by atoms with van der Waals surface area (Å²) in [4.78, 5) is 51.5. The predicted octanol–water partition coefficient (Wildman–Crippen LogP) is 2.43. The molecule has 0 aliphatic carbocycles. The molecule has 0 saturated heterocycles. The van der Waals surface area contributed by atoms with E-state index in [9.17, 15) is 19.2 Å². The fraction of sp³-hybridized carbons (Fsp3) is 0.238. The lowest BCUT2D eigenvalue weighted by Gasteiger charge is -2.30. The molecule has 0 saturated carbocycles. The number of rotatable bonds is 6. The lowest BCUT2D eigenvalue weighted by Crippen LogP contribution is -2.50. The van der Waals surface area contributed by atoms with Gasteiger partial charge in [-0.25, -0.2) is 0 Å². The maximum absolute atomic E-state index is 13.1. The maximum atomic E-state index is 13.1. The van der Waals surface area contributed by atoms with E-state index in [4.69, 9.17) is 5.73 Å². The molecule has 2 aromatic rings. The molecule has 3 N–H and O–H groups in total. The average Bonchev–Trinajstić information content (AvgIpc) is 2.94. The first-order chi connectivity index (χ1) is 13.4. The molecule has 0 bridgehead atoms. The lowest BCUT2D eigenvalue weighted by atomic mass is 9.96. The van der Waals surface area contributed by atoms with E-state index < -0.39 is 29.7 Å². The van der Waals surface area contributed by atoms with Crippen molar-refractivity contribution in [3.05, 3.63) is 65.2 Å². The fourth-order valence-electron chi connectivity index (χ4n) is 3.33. The van der Waals surface area contributed by atoms with Gasteiger partial charge < -0.3 is 11.1 Å². The van der Waals surface area contributed by atoms with Gasteiger partial charge in [0, 0.05) is 0 Å². The van der Waals surface area contributed by atoms with Gasteiger partial charge in [-0.3, -0.25) is 24.1 Å². The number of nitrogens with two attached hydrogens (primary N) is 1. The monoisotopic (exact) mass is 379 g/mol. The largest absolute Gasteiger partial charge is 0.366 e. The number of carbonyl (C=O) groups excluding carboxylic acids is 4. The zero-order chi connectivity index (χ0) is 20.4. The van der Waals surface area contributed by atoms with Crippen LogP contribution in [0.15, 0.2) is 48.5 Å². The van der Waals surface area contributed by atoms with Gasteiger partial charge in [-0.15, -0.1) is 0 Å². The fourth-order valence-corrected chi connectivity index (χ4v) is 3.33. The summed E-state index contributed by atoms with van der Waals surface area (Å²) in [6.45, 7) is 3.67. The molecule has 1 aliphatic heterocycles. The van der Waals surface area contributed by atoms with E-state index in [1.54, 1.807) is 49.4 Å². The third-order valence-electron chi connectivity index (χ3n) is 5.01. The molecule has 0 aromatic heterocycles. The van der Waals surface area contributed by atoms with E-state index in [1.807, 2.05) is 6.92 Å². The molecule has 144 valence electrons. The summed E-state index contributed by atoms with van der Waals surface area (Å²) >= 11 is 0. The molecule has 3 rings (SSSR count). The van der Waals surface area contributed by atoms with Crippen molar-refractivity contribution in [2.75, 3.05) is 5.32 Å². The second-order valence-corrected chi connectivity index (χ2v) is 6.76. The molecule has 2 unspecified atom stereocenters. The van der Waals surface area contributed by atoms with Crippen LogP contribution < -0.4 is 11.1 Å². The smallest absolute Gasteiger partial charge is 0.262 e. The zero-order valence-electron chi connectivity index (χ0n) is 15.6. The van der Waals surface area contributed by atoms with Gasteiger partial charge in [-0.2, -0.15) is 0 Å². The van der Waals surface area contributed by atoms with E-state index in [0.717, 1.165) is 4.90 Å². The van der Waals surface area contributed by atoms with Gasteiger partial charge in [0.1, 0.15) is 6.04 Å². The number of hydrogen-bond acceptors (Lipinski definition) is 4. The van der Waals surface area contributed by atoms with E-state index >= 15 is 0 Å². The Balaban J connectivity index is 1.96. The summed E-state index contributed by atoms with van der Waals surface area (Å²) < 4.78 is 0. The quantitative estimate of drug-likeness (QED) is 0.751. The Morgan fingerprint density at radius 1 is 1.00 bits per heavy atom. The summed E-state index contributed by atoms with van der Waals surface area (Å²) in [5.74, 6) is -2.51. The molecule has 7 heteroatoms. The van der Waals surface area contributed by atoms with Crippen molar-refractivity contribution in [1.82, 2.24) is 4.90 Å². The zero-order valence-corrected chi connectivity index (χ0v) is 15.6. The van der Waals surface area contributed by atoms with Crippen LogP contribution in [-0.4, -0.2) is 34.6 Å². The summed E-state index contributed by atoms with van der Waals surface area (Å²) in [7, 11) is 0. The molecular weight excluding hydrogens is 358 g/mol. The van der Waals surface area contributed by atoms with E-state index in [1.165, 1.54) is 6.07 Å². The average molecular weight is 379 g/mol. The highest BCUT2D eigenvalue weighted by atomic mass is 16.2. The molecular formula is C21H21N3O4. The van der Waals surface area contributed by atoms with Crippen LogP contribution in [0.25, 0.3) is 0 Å². The highest BCUT2D eigenvalue weighted by molar-refractivity contribution is 6.23. The van der Waals surface area contributed by atoms with Crippen LogP contribution >= 0.6 is 0 Å². The third kappa shape index (κ3) is 3.26. The SMILES string of the molecule is CCC(C)C(C(=O)Nc1ccccc1C(N)=O)N1C(=O)c2ccccc2C1=O. The Labute approximate surface area is 162 Å². The predicted molar refractivity (Wildman–Crippen MR) is 104 cm³/mol. The number of benzene rings is 2. The maximum Gasteiger partial charge on any atom is 0.262 e. The number of anilines is 1. The number of nitrogens with one attached hydrogen (secondary N) is 1. The van der Waals surface area contributed by atoms with E-state index in [0.29, 0.717) is 6.42 Å². The van der Waals surface area contributed by atoms with Crippen molar-refractivity contribution >= 4 is 29.3 Å². The Morgan fingerprint density at radius 2 is 1.54 bits per heavy atom. The molecule has 28 heavy (non-hydrogen) atoms. The molecule has 0 spiro atoms. The molecule has 1 heterocycles. The number of carbonyl (C=O) groups is 4. The normalized spacial score (nSPS) is 15.1. The van der Waals surface area contributed by atoms with Gasteiger partial charge in [0.2, 0.25) is 5.91 Å². The van der Waals surface area contributed by atoms with Gasteiger partial charge in [-0.1, -0.05) is 44.5 Å². The molecule has 4 amide bonds. The van der Waals surface area contributed by atoms with Crippen molar-refractivity contribution in [3.63, 3.8) is 0 Å². The van der Waals surface area contributed by atoms with Crippen molar-refractivity contribution in [2.24, 2.45) is 11.7 Å². The van der Waals surface area contributed by atoms with Crippen molar-refractivity contribution in [3.8, 4) is 0 Å². The van der Waals surface area contributed by atoms with E-state index in [-0.39, 0.29) is 28.3 Å². The first-order valence-corrected chi connectivity index (χ1v) is 9.03. The minimum absolute atomic E-state index is 0.154. The Bertz CT molecular complexity index is 935. The Morgan fingerprint density at radius 3 is 2.07 bits per heavy atom. The van der Waals surface area contributed by atoms with Gasteiger partial charge in [0.15, 0.2) is 0 Å². The number of primary amides is 1. The van der Waals surface area contributed by atoms with Crippen LogP contribution in [-0.2, 0) is 4.79 Å². The minimum atomic E-state index is -1.02. The Hall–Kier alpha value is -3.48. The number of fused-ring (bicyclic) bond motifs is 1. The van der Waals surface area contributed by atoms with Gasteiger partial charge in [-0.05, 0) is 30.2 Å². The van der Waals surface area contributed by atoms with Crippen molar-refractivity contribution < 1.29 is 19.2 Å². The van der Waals surface area contributed by atoms with Gasteiger partial charge in [0.05, 0.1) is 22.4 Å². The van der Waals surface area contributed by atoms with Crippen LogP contribution in [0.2, 0.25) is 0 Å². The van der Waals surface area contributed by atoms with Crippen LogP contribution in [0.5, 0.6) is 0 Å². The summed E-state index contributed by atoms with van der Waals surface area (Å²) in [5, 5.41) is 2.67. The molecule has 1 aliphatic rings. The number of amides is 4. The molecule has 0 fully saturated rings. The number of nitrogens with zero attached hydrogens (tertiary/aromatic N) is 1. The van der Waals surface area contributed by atoms with Crippen LogP contribution in [0.4, 0.5) is 5.69 Å². The van der Waals surface area contributed by atoms with Crippen molar-refractivity contribution in [1.29, 1.82) is 0 Å². The third-order valence-corrected chi connectivity index (χ3v) is 5.01. The number of para-hydroxylation sites is 1. The highest BCUT2D eigenvalue weighted by Gasteiger charge is 2.44. The standard InChI is InChI=1S/C21H21N3O4/c1-3-12(2)17(19(26)23-16-11-7-6-10-15(16)18(22)25)24-20(27)13-8-4-5-9-14(13)21(24)28/h4-12,17H,3H2,1-2H3,(H2,22,25)(H,23,26). The molecule has 2 atom stereocenters. The second kappa shape index (κ2) is 7.64. The summed E-state index contributed by atoms with van der Waals surface area (Å²) in [6.07, 6.45) is 0.572. The molecule has 7 nitrogen and oxygen atoms in total. The topological polar surface area (TPSA) is 110 Å². The second-order valence-electron chi connectivity index (χ2n) is 6.76. The first-order valence-electron chi connectivity index (χ1n) is 9.03. The Kier molecular flexibility index (Phi) is 5.26. The van der Waals surface area contributed by atoms with Crippen LogP contribution in [0.1, 0.15) is 51.3 Å². The molecule has 2 aromatic carbocycles. The van der Waals surface area contributed by atoms with Gasteiger partial charge in [0.25, 0.3) is 17.7 Å². The van der Waals surface area contributed by atoms with Gasteiger partial charge >= 0.3 is 0 Å². The number of hydrogen-bond donors (Lipinski definition) is 2. The first kappa shape index (κ1) is 19.3. The number of imide groups is 1. The van der Waals surface area contributed by atoms with Crippen LogP contribution in [0.3, 0.4) is 0 Å². The van der Waals surface area contributed by atoms with E-state index in [2.05, 4.69) is 5.32 Å². The summed E-state index contributed by atoms with van der Waals surface area (Å²) in [5.41, 5.74) is 6.33. The highest BCUT2D eigenvalue weighted by Crippen LogP contribution is 2.29. The van der Waals surface area contributed by atoms with Crippen molar-refractivity contribution in [2.45, 2.75) is 26.3 Å². The summed E-state index contributed by atoms with van der Waals surface area (Å²) in [6, 6.07) is 11.8. The molecule has 0 radical (unpaired) electrons.